The SMILES string of the molecule is O=C1CCC(C(=O)NC2CCC(n3nc4c(cc3=O)CCC4)CC2)CN1. The lowest BCUT2D eigenvalue weighted by Crippen LogP contribution is -2.47. The van der Waals surface area contributed by atoms with Crippen LogP contribution in [0.3, 0.4) is 0 Å². The van der Waals surface area contributed by atoms with Crippen LogP contribution >= 0.6 is 0 Å². The van der Waals surface area contributed by atoms with Crippen LogP contribution in [0.2, 0.25) is 0 Å². The lowest BCUT2D eigenvalue weighted by molar-refractivity contribution is -0.129. The molecular weight excluding hydrogens is 332 g/mol. The molecule has 3 aliphatic rings. The average molecular weight is 358 g/mol. The zero-order valence-electron chi connectivity index (χ0n) is 15.0. The Balaban J connectivity index is 1.32. The van der Waals surface area contributed by atoms with E-state index >= 15 is 0 Å². The number of hydrogen-bond acceptors (Lipinski definition) is 4. The van der Waals surface area contributed by atoms with Gasteiger partial charge in [-0.15, -0.1) is 0 Å². The molecule has 2 aliphatic carbocycles. The molecule has 140 valence electrons. The Bertz CT molecular complexity index is 755. The third-order valence-electron chi connectivity index (χ3n) is 6.01. The van der Waals surface area contributed by atoms with E-state index in [2.05, 4.69) is 15.7 Å². The van der Waals surface area contributed by atoms with Gasteiger partial charge in [-0.1, -0.05) is 0 Å². The molecule has 2 fully saturated rings. The van der Waals surface area contributed by atoms with Gasteiger partial charge in [-0.3, -0.25) is 14.4 Å². The van der Waals surface area contributed by atoms with Crippen molar-refractivity contribution in [1.29, 1.82) is 0 Å². The smallest absolute Gasteiger partial charge is 0.267 e. The molecule has 0 radical (unpaired) electrons. The van der Waals surface area contributed by atoms with Crippen LogP contribution in [0.15, 0.2) is 10.9 Å². The van der Waals surface area contributed by atoms with Gasteiger partial charge in [0.15, 0.2) is 0 Å². The van der Waals surface area contributed by atoms with E-state index in [-0.39, 0.29) is 35.4 Å². The van der Waals surface area contributed by atoms with Crippen molar-refractivity contribution in [3.05, 3.63) is 27.7 Å². The summed E-state index contributed by atoms with van der Waals surface area (Å²) in [5, 5.41) is 10.5. The highest BCUT2D eigenvalue weighted by molar-refractivity contribution is 5.83. The molecule has 1 aromatic rings. The summed E-state index contributed by atoms with van der Waals surface area (Å²) in [6.45, 7) is 0.439. The number of amides is 2. The van der Waals surface area contributed by atoms with Crippen LogP contribution < -0.4 is 16.2 Å². The monoisotopic (exact) mass is 358 g/mol. The molecule has 4 rings (SSSR count). The molecule has 0 spiro atoms. The number of piperidine rings is 1. The van der Waals surface area contributed by atoms with Crippen molar-refractivity contribution >= 4 is 11.8 Å². The van der Waals surface area contributed by atoms with E-state index in [0.717, 1.165) is 56.2 Å². The van der Waals surface area contributed by atoms with Gasteiger partial charge in [0, 0.05) is 25.1 Å². The summed E-state index contributed by atoms with van der Waals surface area (Å²) in [6, 6.07) is 2.05. The molecule has 7 nitrogen and oxygen atoms in total. The normalized spacial score (nSPS) is 28.3. The predicted molar refractivity (Wildman–Crippen MR) is 95.7 cm³/mol. The zero-order valence-corrected chi connectivity index (χ0v) is 15.0. The summed E-state index contributed by atoms with van der Waals surface area (Å²) in [7, 11) is 0. The second-order valence-corrected chi connectivity index (χ2v) is 7.81. The molecule has 0 aromatic carbocycles. The molecule has 7 heteroatoms. The van der Waals surface area contributed by atoms with Crippen molar-refractivity contribution in [1.82, 2.24) is 20.4 Å². The number of nitrogens with zero attached hydrogens (tertiary/aromatic N) is 2. The van der Waals surface area contributed by atoms with Gasteiger partial charge in [-0.25, -0.2) is 4.68 Å². The lowest BCUT2D eigenvalue weighted by Gasteiger charge is -2.31. The highest BCUT2D eigenvalue weighted by atomic mass is 16.2. The molecule has 1 saturated heterocycles. The van der Waals surface area contributed by atoms with E-state index in [4.69, 9.17) is 0 Å². The van der Waals surface area contributed by atoms with Crippen molar-refractivity contribution < 1.29 is 9.59 Å². The molecule has 2 amide bonds. The summed E-state index contributed by atoms with van der Waals surface area (Å²) in [5.41, 5.74) is 2.21. The van der Waals surface area contributed by atoms with Crippen LogP contribution in [0.5, 0.6) is 0 Å². The van der Waals surface area contributed by atoms with E-state index in [9.17, 15) is 14.4 Å². The Labute approximate surface area is 152 Å². The Morgan fingerprint density at radius 1 is 1.12 bits per heavy atom. The van der Waals surface area contributed by atoms with Gasteiger partial charge in [-0.2, -0.15) is 5.10 Å². The number of nitrogens with one attached hydrogen (secondary N) is 2. The van der Waals surface area contributed by atoms with Crippen LogP contribution in [0.25, 0.3) is 0 Å². The highest BCUT2D eigenvalue weighted by Gasteiger charge is 2.29. The minimum absolute atomic E-state index is 0.0103. The maximum absolute atomic E-state index is 12.4. The summed E-state index contributed by atoms with van der Waals surface area (Å²) in [4.78, 5) is 36.0. The van der Waals surface area contributed by atoms with Gasteiger partial charge in [0.2, 0.25) is 11.8 Å². The summed E-state index contributed by atoms with van der Waals surface area (Å²) in [6.07, 6.45) is 7.53. The molecule has 26 heavy (non-hydrogen) atoms. The predicted octanol–water partition coefficient (Wildman–Crippen LogP) is 0.858. The Morgan fingerprint density at radius 3 is 2.65 bits per heavy atom. The molecule has 1 unspecified atom stereocenters. The minimum atomic E-state index is -0.119. The molecular formula is C19H26N4O3. The quantitative estimate of drug-likeness (QED) is 0.838. The topological polar surface area (TPSA) is 93.1 Å². The van der Waals surface area contributed by atoms with E-state index in [1.165, 1.54) is 0 Å². The Hall–Kier alpha value is -2.18. The largest absolute Gasteiger partial charge is 0.355 e. The summed E-state index contributed by atoms with van der Waals surface area (Å²) >= 11 is 0. The van der Waals surface area contributed by atoms with E-state index < -0.39 is 0 Å². The molecule has 2 N–H and O–H groups in total. The summed E-state index contributed by atoms with van der Waals surface area (Å²) in [5.74, 6) is -0.0467. The first-order valence-corrected chi connectivity index (χ1v) is 9.79. The molecule has 2 heterocycles. The zero-order chi connectivity index (χ0) is 18.1. The number of rotatable bonds is 3. The first-order valence-electron chi connectivity index (χ1n) is 9.79. The maximum atomic E-state index is 12.4. The first-order chi connectivity index (χ1) is 12.6. The van der Waals surface area contributed by atoms with Gasteiger partial charge in [0.1, 0.15) is 0 Å². The van der Waals surface area contributed by atoms with Crippen molar-refractivity contribution in [2.24, 2.45) is 5.92 Å². The van der Waals surface area contributed by atoms with Gasteiger partial charge < -0.3 is 10.6 Å². The first kappa shape index (κ1) is 17.2. The number of aryl methyl sites for hydroxylation is 2. The summed E-state index contributed by atoms with van der Waals surface area (Å²) < 4.78 is 1.68. The van der Waals surface area contributed by atoms with Crippen LogP contribution in [-0.4, -0.2) is 34.2 Å². The fourth-order valence-corrected chi connectivity index (χ4v) is 4.42. The second kappa shape index (κ2) is 7.21. The average Bonchev–Trinajstić information content (AvgIpc) is 3.09. The molecule has 1 aliphatic heterocycles. The highest BCUT2D eigenvalue weighted by Crippen LogP contribution is 2.28. The van der Waals surface area contributed by atoms with Crippen LogP contribution in [0.1, 0.15) is 62.2 Å². The number of carbonyl (C=O) groups excluding carboxylic acids is 2. The molecule has 1 aromatic heterocycles. The van der Waals surface area contributed by atoms with Crippen molar-refractivity contribution in [2.75, 3.05) is 6.54 Å². The van der Waals surface area contributed by atoms with Crippen molar-refractivity contribution in [2.45, 2.75) is 69.9 Å². The third-order valence-corrected chi connectivity index (χ3v) is 6.01. The van der Waals surface area contributed by atoms with Gasteiger partial charge in [-0.05, 0) is 56.9 Å². The molecule has 1 saturated carbocycles. The van der Waals surface area contributed by atoms with Gasteiger partial charge >= 0.3 is 0 Å². The lowest BCUT2D eigenvalue weighted by atomic mass is 9.90. The maximum Gasteiger partial charge on any atom is 0.267 e. The van der Waals surface area contributed by atoms with Gasteiger partial charge in [0.25, 0.3) is 5.56 Å². The second-order valence-electron chi connectivity index (χ2n) is 7.81. The van der Waals surface area contributed by atoms with E-state index in [1.807, 2.05) is 0 Å². The standard InChI is InChI=1S/C19H26N4O3/c24-17-9-4-13(11-20-17)19(26)21-14-5-7-15(8-6-14)23-18(25)10-12-2-1-3-16(12)22-23/h10,13-15H,1-9,11H2,(H,20,24)(H,21,26). The Kier molecular flexibility index (Phi) is 4.78. The number of aromatic nitrogens is 2. The van der Waals surface area contributed by atoms with E-state index in [0.29, 0.717) is 19.4 Å². The minimum Gasteiger partial charge on any atom is -0.355 e. The van der Waals surface area contributed by atoms with E-state index in [1.54, 1.807) is 10.7 Å². The van der Waals surface area contributed by atoms with Crippen LogP contribution in [0.4, 0.5) is 0 Å². The van der Waals surface area contributed by atoms with Crippen LogP contribution in [-0.2, 0) is 22.4 Å². The third kappa shape index (κ3) is 3.52. The van der Waals surface area contributed by atoms with Crippen LogP contribution in [0, 0.1) is 5.92 Å². The fourth-order valence-electron chi connectivity index (χ4n) is 4.42. The molecule has 0 bridgehead atoms. The fraction of sp³-hybridized carbons (Fsp3) is 0.684. The number of carbonyl (C=O) groups is 2. The number of fused-ring (bicyclic) bond motifs is 1. The van der Waals surface area contributed by atoms with Gasteiger partial charge in [0.05, 0.1) is 17.7 Å². The van der Waals surface area contributed by atoms with Crippen molar-refractivity contribution in [3.8, 4) is 0 Å². The molecule has 1 atom stereocenters. The number of hydrogen-bond donors (Lipinski definition) is 2. The van der Waals surface area contributed by atoms with Crippen molar-refractivity contribution in [3.63, 3.8) is 0 Å². The Morgan fingerprint density at radius 2 is 1.92 bits per heavy atom.